The van der Waals surface area contributed by atoms with Crippen LogP contribution in [0, 0.1) is 6.92 Å². The second-order valence-electron chi connectivity index (χ2n) is 4.56. The molecular weight excluding hydrogens is 242 g/mol. The van der Waals surface area contributed by atoms with Crippen LogP contribution >= 0.6 is 0 Å². The highest BCUT2D eigenvalue weighted by Gasteiger charge is 2.27. The average Bonchev–Trinajstić information content (AvgIpc) is 3.25. The summed E-state index contributed by atoms with van der Waals surface area (Å²) in [6.45, 7) is 1.89. The van der Waals surface area contributed by atoms with E-state index in [1.54, 1.807) is 12.3 Å². The zero-order valence-electron chi connectivity index (χ0n) is 10.6. The summed E-state index contributed by atoms with van der Waals surface area (Å²) in [7, 11) is 0. The van der Waals surface area contributed by atoms with E-state index in [1.165, 1.54) is 0 Å². The molecule has 1 saturated carbocycles. The third-order valence-corrected chi connectivity index (χ3v) is 2.98. The number of aromatic nitrogens is 3. The number of nitrogen functional groups attached to an aromatic ring is 1. The highest BCUT2D eigenvalue weighted by Crippen LogP contribution is 2.39. The van der Waals surface area contributed by atoms with Crippen LogP contribution in [0.4, 0.5) is 5.82 Å². The van der Waals surface area contributed by atoms with Crippen molar-refractivity contribution in [2.75, 3.05) is 5.43 Å². The van der Waals surface area contributed by atoms with E-state index in [-0.39, 0.29) is 0 Å². The van der Waals surface area contributed by atoms with Crippen molar-refractivity contribution in [2.24, 2.45) is 5.84 Å². The Morgan fingerprint density at radius 2 is 2.21 bits per heavy atom. The molecule has 19 heavy (non-hydrogen) atoms. The predicted octanol–water partition coefficient (Wildman–Crippen LogP) is 2.14. The number of ether oxygens (including phenoxy) is 1. The third-order valence-electron chi connectivity index (χ3n) is 2.98. The van der Waals surface area contributed by atoms with E-state index in [4.69, 9.17) is 10.6 Å². The van der Waals surface area contributed by atoms with Crippen LogP contribution in [0.25, 0.3) is 0 Å². The number of hydrazine groups is 1. The van der Waals surface area contributed by atoms with Gasteiger partial charge < -0.3 is 10.2 Å². The second-order valence-corrected chi connectivity index (χ2v) is 4.56. The third kappa shape index (κ3) is 2.63. The number of nitrogens with zero attached hydrogens (tertiary/aromatic N) is 3. The Bertz CT molecular complexity index is 597. The van der Waals surface area contributed by atoms with Gasteiger partial charge in [0.1, 0.15) is 11.6 Å². The number of hydrogen-bond donors (Lipinski definition) is 2. The summed E-state index contributed by atoms with van der Waals surface area (Å²) in [5.41, 5.74) is 3.36. The maximum atomic E-state index is 5.76. The number of rotatable bonds is 4. The van der Waals surface area contributed by atoms with Crippen LogP contribution in [0.2, 0.25) is 0 Å². The molecule has 0 aromatic carbocycles. The van der Waals surface area contributed by atoms with Crippen LogP contribution in [0.1, 0.15) is 30.3 Å². The van der Waals surface area contributed by atoms with Gasteiger partial charge in [0.2, 0.25) is 5.88 Å². The first kappa shape index (κ1) is 11.9. The molecule has 6 nitrogen and oxygen atoms in total. The Labute approximate surface area is 111 Å². The van der Waals surface area contributed by atoms with Gasteiger partial charge in [0, 0.05) is 18.2 Å². The topological polar surface area (TPSA) is 86.0 Å². The molecular formula is C13H15N5O. The Morgan fingerprint density at radius 3 is 2.89 bits per heavy atom. The summed E-state index contributed by atoms with van der Waals surface area (Å²) in [5, 5.41) is 0. The number of aryl methyl sites for hydroxylation is 1. The van der Waals surface area contributed by atoms with Gasteiger partial charge in [-0.25, -0.2) is 10.8 Å². The van der Waals surface area contributed by atoms with Crippen molar-refractivity contribution in [3.63, 3.8) is 0 Å². The fraction of sp³-hybridized carbons (Fsp3) is 0.308. The molecule has 2 heterocycles. The van der Waals surface area contributed by atoms with Crippen molar-refractivity contribution in [2.45, 2.75) is 25.7 Å². The van der Waals surface area contributed by atoms with Crippen LogP contribution in [-0.2, 0) is 0 Å². The Morgan fingerprint density at radius 1 is 1.37 bits per heavy atom. The van der Waals surface area contributed by atoms with Gasteiger partial charge >= 0.3 is 0 Å². The number of hydrogen-bond acceptors (Lipinski definition) is 6. The highest BCUT2D eigenvalue weighted by atomic mass is 16.5. The minimum atomic E-state index is 0.436. The summed E-state index contributed by atoms with van der Waals surface area (Å²) in [6.07, 6.45) is 3.98. The van der Waals surface area contributed by atoms with Crippen LogP contribution in [0.3, 0.4) is 0 Å². The summed E-state index contributed by atoms with van der Waals surface area (Å²) in [6, 6.07) is 5.36. The standard InChI is InChI=1S/C13H15N5O/c1-8-10(3-2-6-15-8)19-12-7-11(18-14)16-13(17-12)9-4-5-9/h2-3,6-7,9H,4-5,14H2,1H3,(H,16,17,18). The maximum Gasteiger partial charge on any atom is 0.224 e. The van der Waals surface area contributed by atoms with Crippen molar-refractivity contribution >= 4 is 5.82 Å². The molecule has 2 aromatic rings. The monoisotopic (exact) mass is 257 g/mol. The summed E-state index contributed by atoms with van der Waals surface area (Å²) < 4.78 is 5.76. The van der Waals surface area contributed by atoms with Gasteiger partial charge in [-0.15, -0.1) is 0 Å². The molecule has 0 bridgehead atoms. The average molecular weight is 257 g/mol. The zero-order valence-corrected chi connectivity index (χ0v) is 10.6. The molecule has 0 aliphatic heterocycles. The summed E-state index contributed by atoms with van der Waals surface area (Å²) >= 11 is 0. The Balaban J connectivity index is 1.91. The molecule has 3 rings (SSSR count). The van der Waals surface area contributed by atoms with Gasteiger partial charge in [-0.3, -0.25) is 4.98 Å². The van der Waals surface area contributed by atoms with Crippen molar-refractivity contribution in [3.05, 3.63) is 35.9 Å². The first-order valence-electron chi connectivity index (χ1n) is 6.21. The molecule has 2 aromatic heterocycles. The van der Waals surface area contributed by atoms with E-state index in [0.29, 0.717) is 23.4 Å². The molecule has 0 spiro atoms. The van der Waals surface area contributed by atoms with Gasteiger partial charge in [-0.2, -0.15) is 4.98 Å². The van der Waals surface area contributed by atoms with Crippen LogP contribution in [-0.4, -0.2) is 15.0 Å². The molecule has 1 aliphatic rings. The van der Waals surface area contributed by atoms with Crippen LogP contribution < -0.4 is 16.0 Å². The molecule has 0 amide bonds. The minimum absolute atomic E-state index is 0.436. The predicted molar refractivity (Wildman–Crippen MR) is 70.9 cm³/mol. The lowest BCUT2D eigenvalue weighted by atomic mass is 10.3. The first-order chi connectivity index (χ1) is 9.26. The van der Waals surface area contributed by atoms with Gasteiger partial charge in [-0.1, -0.05) is 0 Å². The molecule has 3 N–H and O–H groups in total. The van der Waals surface area contributed by atoms with Gasteiger partial charge in [-0.05, 0) is 31.9 Å². The lowest BCUT2D eigenvalue weighted by Crippen LogP contribution is -2.10. The molecule has 98 valence electrons. The fourth-order valence-corrected chi connectivity index (χ4v) is 1.78. The summed E-state index contributed by atoms with van der Waals surface area (Å²) in [5.74, 6) is 8.38. The molecule has 1 aliphatic carbocycles. The van der Waals surface area contributed by atoms with Crippen LogP contribution in [0.5, 0.6) is 11.6 Å². The molecule has 0 saturated heterocycles. The lowest BCUT2D eigenvalue weighted by molar-refractivity contribution is 0.453. The smallest absolute Gasteiger partial charge is 0.224 e. The Hall–Kier alpha value is -2.21. The number of pyridine rings is 1. The van der Waals surface area contributed by atoms with E-state index in [0.717, 1.165) is 24.4 Å². The summed E-state index contributed by atoms with van der Waals surface area (Å²) in [4.78, 5) is 12.9. The zero-order chi connectivity index (χ0) is 13.2. The quantitative estimate of drug-likeness (QED) is 0.644. The van der Waals surface area contributed by atoms with E-state index >= 15 is 0 Å². The SMILES string of the molecule is Cc1ncccc1Oc1cc(NN)nc(C2CC2)n1. The minimum Gasteiger partial charge on any atom is -0.437 e. The number of nitrogens with one attached hydrogen (secondary N) is 1. The fourth-order valence-electron chi connectivity index (χ4n) is 1.78. The van der Waals surface area contributed by atoms with Crippen molar-refractivity contribution in [1.82, 2.24) is 15.0 Å². The van der Waals surface area contributed by atoms with Crippen molar-refractivity contribution < 1.29 is 4.74 Å². The number of anilines is 1. The van der Waals surface area contributed by atoms with E-state index in [9.17, 15) is 0 Å². The molecule has 0 atom stereocenters. The molecule has 0 unspecified atom stereocenters. The maximum absolute atomic E-state index is 5.76. The van der Waals surface area contributed by atoms with Gasteiger partial charge in [0.05, 0.1) is 5.69 Å². The first-order valence-corrected chi connectivity index (χ1v) is 6.21. The highest BCUT2D eigenvalue weighted by molar-refractivity contribution is 5.40. The van der Waals surface area contributed by atoms with Crippen molar-refractivity contribution in [3.8, 4) is 11.6 Å². The van der Waals surface area contributed by atoms with E-state index in [2.05, 4.69) is 20.4 Å². The largest absolute Gasteiger partial charge is 0.437 e. The van der Waals surface area contributed by atoms with Gasteiger partial charge in [0.15, 0.2) is 5.75 Å². The molecule has 0 radical (unpaired) electrons. The van der Waals surface area contributed by atoms with E-state index < -0.39 is 0 Å². The lowest BCUT2D eigenvalue weighted by Gasteiger charge is -2.09. The normalized spacial score (nSPS) is 14.2. The van der Waals surface area contributed by atoms with Crippen molar-refractivity contribution in [1.29, 1.82) is 0 Å². The number of nitrogens with two attached hydrogens (primary N) is 1. The van der Waals surface area contributed by atoms with Gasteiger partial charge in [0.25, 0.3) is 0 Å². The van der Waals surface area contributed by atoms with E-state index in [1.807, 2.05) is 19.1 Å². The van der Waals surface area contributed by atoms with Crippen LogP contribution in [0.15, 0.2) is 24.4 Å². The molecule has 6 heteroatoms. The Kier molecular flexibility index (Phi) is 3.00. The second kappa shape index (κ2) is 4.81. The molecule has 1 fully saturated rings.